The van der Waals surface area contributed by atoms with Gasteiger partial charge in [0, 0.05) is 25.1 Å². The fourth-order valence-corrected chi connectivity index (χ4v) is 4.05. The van der Waals surface area contributed by atoms with Gasteiger partial charge in [-0.1, -0.05) is 0 Å². The molecule has 15 heteroatoms. The molecule has 0 bridgehead atoms. The second-order valence-corrected chi connectivity index (χ2v) is 9.05. The SMILES string of the molecule is Nc1nc2cc(-c3nn(CCCCNC(=O)CCOCCOCCOCCC(=O)O)c4ncnc(N)c34)ccc2o1. The quantitative estimate of drug-likeness (QED) is 0.125. The van der Waals surface area contributed by atoms with Gasteiger partial charge in [0.15, 0.2) is 11.2 Å². The normalized spacial score (nSPS) is 11.4. The number of carbonyl (C=O) groups excluding carboxylic acids is 1. The van der Waals surface area contributed by atoms with E-state index >= 15 is 0 Å². The van der Waals surface area contributed by atoms with Crippen LogP contribution in [0.3, 0.4) is 0 Å². The van der Waals surface area contributed by atoms with Crippen LogP contribution in [0.25, 0.3) is 33.4 Å². The van der Waals surface area contributed by atoms with E-state index in [4.69, 9.17) is 40.3 Å². The molecule has 4 aromatic rings. The van der Waals surface area contributed by atoms with E-state index in [0.29, 0.717) is 79.8 Å². The number of carboxylic acids is 1. The van der Waals surface area contributed by atoms with Gasteiger partial charge in [0.05, 0.1) is 51.4 Å². The standard InChI is InChI=1S/C26H34N8O7/c27-24-22-23(17-3-4-19-18(15-17)32-26(28)41-19)33-34(25(22)31-16-30-24)8-2-1-7-29-20(35)5-9-38-11-13-40-14-12-39-10-6-21(36)37/h3-4,15-16H,1-2,5-14H2,(H2,28,32)(H,29,35)(H,36,37)(H2,27,30,31). The number of hydrogen-bond acceptors (Lipinski definition) is 12. The number of benzene rings is 1. The van der Waals surface area contributed by atoms with Gasteiger partial charge in [-0.3, -0.25) is 9.59 Å². The Bertz CT molecular complexity index is 1450. The highest BCUT2D eigenvalue weighted by Crippen LogP contribution is 2.32. The van der Waals surface area contributed by atoms with Crippen LogP contribution in [0.4, 0.5) is 11.8 Å². The lowest BCUT2D eigenvalue weighted by atomic mass is 10.1. The average molecular weight is 571 g/mol. The summed E-state index contributed by atoms with van der Waals surface area (Å²) < 4.78 is 23.0. The summed E-state index contributed by atoms with van der Waals surface area (Å²) in [5.41, 5.74) is 15.1. The van der Waals surface area contributed by atoms with Crippen LogP contribution in [-0.2, 0) is 30.3 Å². The van der Waals surface area contributed by atoms with Crippen molar-refractivity contribution in [2.75, 3.05) is 57.7 Å². The number of hydrogen-bond donors (Lipinski definition) is 4. The highest BCUT2D eigenvalue weighted by molar-refractivity contribution is 5.99. The molecule has 1 aromatic carbocycles. The van der Waals surface area contributed by atoms with Crippen LogP contribution >= 0.6 is 0 Å². The van der Waals surface area contributed by atoms with E-state index in [-0.39, 0.29) is 31.4 Å². The Kier molecular flexibility index (Phi) is 10.8. The van der Waals surface area contributed by atoms with Crippen LogP contribution in [0.5, 0.6) is 0 Å². The largest absolute Gasteiger partial charge is 0.481 e. The number of aliphatic carboxylic acids is 1. The van der Waals surface area contributed by atoms with Crippen molar-refractivity contribution in [3.8, 4) is 11.3 Å². The van der Waals surface area contributed by atoms with Crippen molar-refractivity contribution in [1.29, 1.82) is 0 Å². The second-order valence-electron chi connectivity index (χ2n) is 9.05. The Labute approximate surface area is 235 Å². The molecule has 0 saturated heterocycles. The van der Waals surface area contributed by atoms with Crippen LogP contribution < -0.4 is 16.8 Å². The molecule has 0 saturated carbocycles. The zero-order valence-corrected chi connectivity index (χ0v) is 22.6. The summed E-state index contributed by atoms with van der Waals surface area (Å²) >= 11 is 0. The van der Waals surface area contributed by atoms with E-state index in [1.807, 2.05) is 12.1 Å². The minimum absolute atomic E-state index is 0.0291. The molecule has 15 nitrogen and oxygen atoms in total. The van der Waals surface area contributed by atoms with Crippen molar-refractivity contribution in [3.05, 3.63) is 24.5 Å². The summed E-state index contributed by atoms with van der Waals surface area (Å²) in [6.45, 7) is 2.96. The van der Waals surface area contributed by atoms with Crippen LogP contribution in [-0.4, -0.2) is 87.9 Å². The van der Waals surface area contributed by atoms with Crippen LogP contribution in [0.15, 0.2) is 28.9 Å². The molecule has 3 heterocycles. The lowest BCUT2D eigenvalue weighted by Crippen LogP contribution is -2.26. The summed E-state index contributed by atoms with van der Waals surface area (Å²) in [4.78, 5) is 35.2. The Morgan fingerprint density at radius 1 is 0.976 bits per heavy atom. The molecule has 0 fully saturated rings. The lowest BCUT2D eigenvalue weighted by molar-refractivity contribution is -0.138. The van der Waals surface area contributed by atoms with Crippen molar-refractivity contribution in [2.24, 2.45) is 0 Å². The molecule has 41 heavy (non-hydrogen) atoms. The molecule has 0 atom stereocenters. The minimum Gasteiger partial charge on any atom is -0.481 e. The van der Waals surface area contributed by atoms with Crippen LogP contribution in [0, 0.1) is 0 Å². The smallest absolute Gasteiger partial charge is 0.305 e. The van der Waals surface area contributed by atoms with Gasteiger partial charge in [-0.2, -0.15) is 10.1 Å². The van der Waals surface area contributed by atoms with Gasteiger partial charge in [0.2, 0.25) is 5.91 Å². The maximum Gasteiger partial charge on any atom is 0.305 e. The third-order valence-electron chi connectivity index (χ3n) is 6.03. The molecule has 0 radical (unpaired) electrons. The molecule has 4 rings (SSSR count). The van der Waals surface area contributed by atoms with E-state index in [9.17, 15) is 9.59 Å². The number of rotatable bonds is 18. The number of aryl methyl sites for hydroxylation is 1. The molecule has 0 aliphatic rings. The molecule has 0 aliphatic carbocycles. The summed E-state index contributed by atoms with van der Waals surface area (Å²) in [6.07, 6.45) is 3.14. The zero-order valence-electron chi connectivity index (χ0n) is 22.6. The predicted octanol–water partition coefficient (Wildman–Crippen LogP) is 1.61. The van der Waals surface area contributed by atoms with E-state index in [1.54, 1.807) is 10.7 Å². The molecule has 0 spiro atoms. The maximum atomic E-state index is 12.1. The Hall–Kier alpha value is -4.34. The maximum absolute atomic E-state index is 12.1. The number of fused-ring (bicyclic) bond motifs is 2. The fraction of sp³-hybridized carbons (Fsp3) is 0.462. The van der Waals surface area contributed by atoms with E-state index in [0.717, 1.165) is 18.4 Å². The number of nitrogens with one attached hydrogen (secondary N) is 1. The Balaban J connectivity index is 1.15. The number of nitrogens with zero attached hydrogens (tertiary/aromatic N) is 5. The number of nitrogens with two attached hydrogens (primary N) is 2. The van der Waals surface area contributed by atoms with Gasteiger partial charge in [-0.15, -0.1) is 0 Å². The number of anilines is 2. The van der Waals surface area contributed by atoms with Crippen molar-refractivity contribution in [3.63, 3.8) is 0 Å². The van der Waals surface area contributed by atoms with E-state index < -0.39 is 5.97 Å². The van der Waals surface area contributed by atoms with Crippen molar-refractivity contribution >= 4 is 45.8 Å². The zero-order chi connectivity index (χ0) is 29.0. The summed E-state index contributed by atoms with van der Waals surface area (Å²) in [6, 6.07) is 5.57. The van der Waals surface area contributed by atoms with Crippen LogP contribution in [0.1, 0.15) is 25.7 Å². The number of aromatic nitrogens is 5. The minimum atomic E-state index is -0.895. The highest BCUT2D eigenvalue weighted by Gasteiger charge is 2.18. The number of carboxylic acid groups (broad SMARTS) is 1. The Morgan fingerprint density at radius 3 is 2.46 bits per heavy atom. The van der Waals surface area contributed by atoms with Gasteiger partial charge in [0.25, 0.3) is 6.01 Å². The first kappa shape index (κ1) is 29.6. The third-order valence-corrected chi connectivity index (χ3v) is 6.03. The number of oxazole rings is 1. The van der Waals surface area contributed by atoms with Gasteiger partial charge < -0.3 is 40.5 Å². The van der Waals surface area contributed by atoms with E-state index in [2.05, 4.69) is 20.3 Å². The molecular weight excluding hydrogens is 536 g/mol. The Morgan fingerprint density at radius 2 is 1.71 bits per heavy atom. The summed E-state index contributed by atoms with van der Waals surface area (Å²) in [5, 5.41) is 16.8. The highest BCUT2D eigenvalue weighted by atomic mass is 16.5. The molecule has 6 N–H and O–H groups in total. The average Bonchev–Trinajstić information content (AvgIpc) is 3.51. The van der Waals surface area contributed by atoms with Gasteiger partial charge in [0.1, 0.15) is 23.4 Å². The molecule has 0 aliphatic heterocycles. The van der Waals surface area contributed by atoms with Crippen molar-refractivity contribution in [2.45, 2.75) is 32.2 Å². The first-order valence-electron chi connectivity index (χ1n) is 13.3. The topological polar surface area (TPSA) is 216 Å². The summed E-state index contributed by atoms with van der Waals surface area (Å²) in [5.74, 6) is -0.652. The number of ether oxygens (including phenoxy) is 3. The van der Waals surface area contributed by atoms with Gasteiger partial charge in [-0.05, 0) is 31.0 Å². The van der Waals surface area contributed by atoms with Gasteiger partial charge >= 0.3 is 5.97 Å². The first-order chi connectivity index (χ1) is 19.9. The van der Waals surface area contributed by atoms with Crippen LogP contribution in [0.2, 0.25) is 0 Å². The third kappa shape index (κ3) is 8.57. The van der Waals surface area contributed by atoms with Crippen molar-refractivity contribution in [1.82, 2.24) is 30.0 Å². The van der Waals surface area contributed by atoms with Gasteiger partial charge in [-0.25, -0.2) is 14.6 Å². The molecule has 1 amide bonds. The summed E-state index contributed by atoms with van der Waals surface area (Å²) in [7, 11) is 0. The predicted molar refractivity (Wildman–Crippen MR) is 149 cm³/mol. The monoisotopic (exact) mass is 570 g/mol. The fourth-order valence-electron chi connectivity index (χ4n) is 4.05. The number of unbranched alkanes of at least 4 members (excludes halogenated alkanes) is 1. The molecular formula is C26H34N8O7. The number of carbonyl (C=O) groups is 2. The van der Waals surface area contributed by atoms with E-state index in [1.165, 1.54) is 6.33 Å². The number of amides is 1. The molecule has 3 aromatic heterocycles. The second kappa shape index (κ2) is 14.9. The first-order valence-corrected chi connectivity index (χ1v) is 13.3. The van der Waals surface area contributed by atoms with Crippen molar-refractivity contribution < 1.29 is 33.3 Å². The lowest BCUT2D eigenvalue weighted by Gasteiger charge is -2.07. The molecule has 0 unspecified atom stereocenters. The molecule has 220 valence electrons. The number of nitrogen functional groups attached to an aromatic ring is 2.